The van der Waals surface area contributed by atoms with Crippen LogP contribution in [0.3, 0.4) is 0 Å². The zero-order valence-electron chi connectivity index (χ0n) is 74.9. The highest BCUT2D eigenvalue weighted by Crippen LogP contribution is 2.13. The molecular weight excluding hydrogens is 1350 g/mol. The van der Waals surface area contributed by atoms with E-state index in [2.05, 4.69) is 42.6 Å². The minimum atomic E-state index is -0.757. The molecule has 0 spiro atoms. The van der Waals surface area contributed by atoms with Gasteiger partial charge in [-0.05, 0) is 48.5 Å². The predicted octanol–water partition coefficient (Wildman–Crippen LogP) is 24.7. The van der Waals surface area contributed by atoms with E-state index in [9.17, 15) is 38.4 Å². The van der Waals surface area contributed by atoms with Gasteiger partial charge in [-0.1, -0.05) is 317 Å². The maximum absolute atomic E-state index is 10.6. The molecule has 6 N–H and O–H groups in total. The Hall–Kier alpha value is -4.36. The third-order valence-electron chi connectivity index (χ3n) is 4.44. The molecule has 0 atom stereocenters. The van der Waals surface area contributed by atoms with Gasteiger partial charge in [0.2, 0.25) is 0 Å². The van der Waals surface area contributed by atoms with Crippen molar-refractivity contribution in [1.82, 2.24) is 0 Å². The molecule has 0 rings (SSSR count). The van der Waals surface area contributed by atoms with Crippen LogP contribution in [-0.2, 0) is 81.0 Å². The van der Waals surface area contributed by atoms with Crippen molar-refractivity contribution in [3.8, 4) is 0 Å². The highest BCUT2D eigenvalue weighted by atomic mass is 16.6. The number of ketones is 1. The summed E-state index contributed by atoms with van der Waals surface area (Å²) >= 11 is 0. The fraction of sp³-hybridized carbons (Fsp3) is 0.902. The van der Waals surface area contributed by atoms with Gasteiger partial charge in [-0.25, -0.2) is 14.4 Å². The molecule has 105 heavy (non-hydrogen) atoms. The molecule has 692 valence electrons. The Kier molecular flexibility index (Phi) is 1120. The third-order valence-corrected chi connectivity index (χ3v) is 4.44. The van der Waals surface area contributed by atoms with Crippen LogP contribution in [-0.4, -0.2) is 198 Å². The first-order valence-corrected chi connectivity index (χ1v) is 34.1. The standard InChI is InChI=1S/C6H12O2.C5H10O2.3C4H8O3.2C4H8O2.C4H8O.16C2H6.5CH4O.10CH4/c1-6(2,3)5(7)8-4;1-5(2,3)4(6)7;3*1-6-3-4(5)7-2;2*1-3-4(5)6-2;1-3-4(2)5;21*1-2;;;;;;;;;;/h1-4H3;1-3H3,(H,6,7);3*3H2,1-2H3;2*3H2,1-2H3;3H2,1-2H3;16*1-2H3;5*2H,1H3;10*1H4. The average molecular weight is 1580 g/mol. The number of hydrogen-bond acceptors (Lipinski definition) is 22. The van der Waals surface area contributed by atoms with E-state index in [0.717, 1.165) is 35.5 Å². The summed E-state index contributed by atoms with van der Waals surface area (Å²) < 4.78 is 38.9. The average Bonchev–Trinajstić information content (AvgIpc) is 3.68. The summed E-state index contributed by atoms with van der Waals surface area (Å²) in [5, 5.41) is 43.2. The van der Waals surface area contributed by atoms with Gasteiger partial charge in [0.05, 0.1) is 53.5 Å². The number of carbonyl (C=O) groups is 8. The molecule has 0 unspecified atom stereocenters. The highest BCUT2D eigenvalue weighted by Gasteiger charge is 2.21. The fourth-order valence-electron chi connectivity index (χ4n) is 1.13. The lowest BCUT2D eigenvalue weighted by molar-refractivity contribution is -0.150. The number of carboxylic acid groups (broad SMARTS) is 1. The quantitative estimate of drug-likeness (QED) is 0.0922. The fourth-order valence-corrected chi connectivity index (χ4v) is 1.13. The molecule has 0 aromatic carbocycles. The molecule has 0 radical (unpaired) electrons. The Balaban J connectivity index is -0.0000000118. The lowest BCUT2D eigenvalue weighted by Crippen LogP contribution is -2.21. The summed E-state index contributed by atoms with van der Waals surface area (Å²) in [7, 11) is 17.4. The van der Waals surface area contributed by atoms with E-state index in [4.69, 9.17) is 30.6 Å². The van der Waals surface area contributed by atoms with E-state index in [-0.39, 0.29) is 141 Å². The maximum atomic E-state index is 10.6. The molecular formula is C82H226O23. The summed E-state index contributed by atoms with van der Waals surface area (Å²) in [6, 6.07) is 0. The molecule has 0 aliphatic carbocycles. The van der Waals surface area contributed by atoms with Crippen LogP contribution < -0.4 is 0 Å². The summed E-state index contributed by atoms with van der Waals surface area (Å²) in [6.07, 6.45) is 1.60. The summed E-state index contributed by atoms with van der Waals surface area (Å²) in [5.74, 6) is -2.02. The van der Waals surface area contributed by atoms with Crippen molar-refractivity contribution in [3.63, 3.8) is 0 Å². The minimum Gasteiger partial charge on any atom is -0.481 e. The van der Waals surface area contributed by atoms with E-state index in [1.165, 1.54) is 64.0 Å². The number of methoxy groups -OCH3 is 9. The lowest BCUT2D eigenvalue weighted by Gasteiger charge is -2.13. The number of carboxylic acids is 1. The largest absolute Gasteiger partial charge is 0.481 e. The van der Waals surface area contributed by atoms with E-state index in [1.807, 2.05) is 249 Å². The Morgan fingerprint density at radius 2 is 0.343 bits per heavy atom. The number of aliphatic hydroxyl groups excluding tert-OH is 5. The van der Waals surface area contributed by atoms with E-state index in [1.54, 1.807) is 41.5 Å². The van der Waals surface area contributed by atoms with Crippen molar-refractivity contribution in [2.45, 2.75) is 384 Å². The van der Waals surface area contributed by atoms with Gasteiger partial charge in [-0.15, -0.1) is 0 Å². The Bertz CT molecular complexity index is 892. The summed E-state index contributed by atoms with van der Waals surface area (Å²) in [6.45, 7) is 81.5. The number of aliphatic carboxylic acids is 1. The molecule has 0 amide bonds. The van der Waals surface area contributed by atoms with Gasteiger partial charge in [0.1, 0.15) is 25.6 Å². The van der Waals surface area contributed by atoms with Gasteiger partial charge < -0.3 is 78.1 Å². The summed E-state index contributed by atoms with van der Waals surface area (Å²) in [5.41, 5.74) is -0.936. The number of esters is 6. The summed E-state index contributed by atoms with van der Waals surface area (Å²) in [4.78, 5) is 80.6. The first-order valence-electron chi connectivity index (χ1n) is 34.1. The Morgan fingerprint density at radius 3 is 0.352 bits per heavy atom. The molecule has 0 fully saturated rings. The normalized spacial score (nSPS) is 5.69. The van der Waals surface area contributed by atoms with Crippen molar-refractivity contribution in [2.24, 2.45) is 10.8 Å². The molecule has 0 aliphatic rings. The van der Waals surface area contributed by atoms with Gasteiger partial charge in [-0.2, -0.15) is 0 Å². The van der Waals surface area contributed by atoms with Crippen LogP contribution in [0.1, 0.15) is 384 Å². The maximum Gasteiger partial charge on any atom is 0.331 e. The van der Waals surface area contributed by atoms with Crippen molar-refractivity contribution in [2.75, 3.05) is 119 Å². The zero-order valence-corrected chi connectivity index (χ0v) is 74.9. The van der Waals surface area contributed by atoms with Crippen LogP contribution in [0, 0.1) is 10.8 Å². The van der Waals surface area contributed by atoms with Crippen LogP contribution >= 0.6 is 0 Å². The monoisotopic (exact) mass is 1580 g/mol. The topological polar surface area (TPSA) is 341 Å². The first-order chi connectivity index (χ1) is 45.2. The van der Waals surface area contributed by atoms with Crippen molar-refractivity contribution < 1.29 is 112 Å². The molecule has 0 saturated carbocycles. The number of hydrogen-bond donors (Lipinski definition) is 6. The SMILES string of the molecule is C.C.C.C.C.C.C.C.C.C.CC.CC.CC.CC.CC.CC.CC.CC.CC.CC.CC.CC.CC.CC.CC.CC.CC(C)(C)C(=O)O.CCC(=O)OC.CCC(=O)OC.CCC(C)=O.CO.CO.CO.CO.CO.COC(=O)C(C)(C)C.COCC(=O)OC.COCC(=O)OC.COCC(=O)OC. The molecule has 0 saturated heterocycles. The predicted molar refractivity (Wildman–Crippen MR) is 485 cm³/mol. The van der Waals surface area contributed by atoms with Crippen LogP contribution in [0.5, 0.6) is 0 Å². The van der Waals surface area contributed by atoms with Crippen molar-refractivity contribution >= 4 is 47.6 Å². The highest BCUT2D eigenvalue weighted by molar-refractivity contribution is 5.75. The second kappa shape index (κ2) is 446. The number of carbonyl (C=O) groups excluding carboxylic acids is 7. The number of rotatable bonds is 9. The van der Waals surface area contributed by atoms with E-state index in [0.29, 0.717) is 19.3 Å². The van der Waals surface area contributed by atoms with Crippen molar-refractivity contribution in [3.05, 3.63) is 0 Å². The van der Waals surface area contributed by atoms with Crippen molar-refractivity contribution in [1.29, 1.82) is 0 Å². The molecule has 23 nitrogen and oxygen atoms in total. The van der Waals surface area contributed by atoms with Crippen LogP contribution in [0.15, 0.2) is 0 Å². The van der Waals surface area contributed by atoms with Crippen LogP contribution in [0.4, 0.5) is 0 Å². The molecule has 0 aliphatic heterocycles. The van der Waals surface area contributed by atoms with Crippen LogP contribution in [0.2, 0.25) is 0 Å². The molecule has 0 aromatic rings. The molecule has 0 heterocycles. The van der Waals surface area contributed by atoms with E-state index < -0.39 is 11.4 Å². The van der Waals surface area contributed by atoms with Gasteiger partial charge >= 0.3 is 41.8 Å². The second-order valence-electron chi connectivity index (χ2n) is 11.2. The number of ether oxygens (including phenoxy) is 9. The van der Waals surface area contributed by atoms with Crippen LogP contribution in [0.25, 0.3) is 0 Å². The van der Waals surface area contributed by atoms with Gasteiger partial charge in [0, 0.05) is 76.1 Å². The zero-order chi connectivity index (χ0) is 86.2. The minimum absolute atomic E-state index is 0. The number of Topliss-reactive ketones (excluding diaryl/α,β-unsaturated/α-hetero) is 1. The number of aliphatic hydroxyl groups is 5. The Morgan fingerprint density at radius 1 is 0.238 bits per heavy atom. The van der Waals surface area contributed by atoms with Gasteiger partial charge in [-0.3, -0.25) is 19.2 Å². The molecule has 0 aromatic heterocycles. The molecule has 0 bridgehead atoms. The van der Waals surface area contributed by atoms with Gasteiger partial charge in [0.25, 0.3) is 0 Å². The Labute approximate surface area is 671 Å². The molecule has 23 heteroatoms. The van der Waals surface area contributed by atoms with Gasteiger partial charge in [0.15, 0.2) is 0 Å². The lowest BCUT2D eigenvalue weighted by atomic mass is 9.98. The second-order valence-corrected chi connectivity index (χ2v) is 11.2. The smallest absolute Gasteiger partial charge is 0.331 e. The van der Waals surface area contributed by atoms with E-state index >= 15 is 0 Å². The first kappa shape index (κ1) is 263. The third kappa shape index (κ3) is 792.